The highest BCUT2D eigenvalue weighted by atomic mass is 32.3. The van der Waals surface area contributed by atoms with Crippen molar-refractivity contribution in [3.05, 3.63) is 35.9 Å². The molecule has 23 nitrogen and oxygen atoms in total. The number of aliphatic hydroxyl groups excluding tert-OH is 2. The molecule has 0 aromatic heterocycles. The summed E-state index contributed by atoms with van der Waals surface area (Å²) in [6.45, 7) is 6.67. The molecule has 6 amide bonds. The summed E-state index contributed by atoms with van der Waals surface area (Å²) in [6, 6.07) is -0.249. The lowest BCUT2D eigenvalue weighted by molar-refractivity contribution is -0.168. The molecular formula is C40H63N9O14S. The van der Waals surface area contributed by atoms with Gasteiger partial charge in [-0.2, -0.15) is 8.42 Å². The van der Waals surface area contributed by atoms with Crippen LogP contribution in [0.4, 0.5) is 0 Å². The minimum atomic E-state index is -5.33. The molecule has 0 radical (unpaired) electrons. The molecular weight excluding hydrogens is 863 g/mol. The molecule has 24 heteroatoms. The van der Waals surface area contributed by atoms with Crippen LogP contribution in [0.15, 0.2) is 35.3 Å². The number of benzene rings is 1. The van der Waals surface area contributed by atoms with E-state index in [4.69, 9.17) is 16.2 Å². The van der Waals surface area contributed by atoms with E-state index < -0.39 is 125 Å². The topological polar surface area (TPSA) is 352 Å². The first-order valence-corrected chi connectivity index (χ1v) is 22.5. The maximum atomic E-state index is 14.8. The largest absolute Gasteiger partial charge is 0.458 e. The van der Waals surface area contributed by atoms with Gasteiger partial charge < -0.3 is 57.5 Å². The molecule has 3 rings (SSSR count). The second kappa shape index (κ2) is 24.0. The molecule has 11 N–H and O–H groups in total. The van der Waals surface area contributed by atoms with Crippen molar-refractivity contribution >= 4 is 57.8 Å². The Hall–Kier alpha value is -5.43. The highest BCUT2D eigenvalue weighted by Gasteiger charge is 2.47. The number of esters is 1. The van der Waals surface area contributed by atoms with Crippen molar-refractivity contribution < 1.29 is 65.7 Å². The molecule has 2 aliphatic heterocycles. The first-order valence-electron chi connectivity index (χ1n) is 21.1. The molecule has 11 atom stereocenters. The molecule has 0 saturated carbocycles. The Morgan fingerprint density at radius 1 is 0.969 bits per heavy atom. The van der Waals surface area contributed by atoms with Crippen LogP contribution in [0, 0.1) is 11.8 Å². The highest BCUT2D eigenvalue weighted by Crippen LogP contribution is 2.28. The number of nitrogens with one attached hydrogen (secondary N) is 4. The van der Waals surface area contributed by atoms with Crippen LogP contribution in [0.25, 0.3) is 0 Å². The third kappa shape index (κ3) is 14.6. The van der Waals surface area contributed by atoms with E-state index in [1.54, 1.807) is 58.0 Å². The normalized spacial score (nSPS) is 27.0. The SMILES string of the molecule is CCC(C)C1NC(=O)C(Cc2ccccc2)N(C)C(=O)C(C(C)CC)N2C(=O)C(CCC2O)NC(=O)C(CCCN=C(N)N)NC(=O)C(NC(=O)[C@@H](CO)OS(=O)(=O)O)C(C)OC1=O. The smallest absolute Gasteiger partial charge is 0.398 e. The first-order chi connectivity index (χ1) is 30.0. The van der Waals surface area contributed by atoms with Gasteiger partial charge >= 0.3 is 16.4 Å². The lowest BCUT2D eigenvalue weighted by Crippen LogP contribution is -2.66. The Morgan fingerprint density at radius 2 is 1.61 bits per heavy atom. The van der Waals surface area contributed by atoms with Gasteiger partial charge in [-0.3, -0.25) is 38.3 Å². The van der Waals surface area contributed by atoms with E-state index in [0.717, 1.165) is 9.80 Å². The number of piperidine rings is 1. The molecule has 10 unspecified atom stereocenters. The molecule has 64 heavy (non-hydrogen) atoms. The molecule has 1 aromatic rings. The fraction of sp³-hybridized carbons (Fsp3) is 0.650. The molecule has 2 fully saturated rings. The van der Waals surface area contributed by atoms with Crippen LogP contribution in [-0.2, 0) is 59.3 Å². The minimum Gasteiger partial charge on any atom is -0.458 e. The van der Waals surface area contributed by atoms with Crippen molar-refractivity contribution in [1.82, 2.24) is 31.1 Å². The minimum absolute atomic E-state index is 0.0240. The Morgan fingerprint density at radius 3 is 2.19 bits per heavy atom. The van der Waals surface area contributed by atoms with E-state index in [-0.39, 0.29) is 44.6 Å². The lowest BCUT2D eigenvalue weighted by atomic mass is 9.91. The maximum Gasteiger partial charge on any atom is 0.398 e. The van der Waals surface area contributed by atoms with E-state index >= 15 is 0 Å². The summed E-state index contributed by atoms with van der Waals surface area (Å²) >= 11 is 0. The summed E-state index contributed by atoms with van der Waals surface area (Å²) in [4.78, 5) is 106. The monoisotopic (exact) mass is 925 g/mol. The van der Waals surface area contributed by atoms with Gasteiger partial charge in [-0.05, 0) is 50.0 Å². The predicted octanol–water partition coefficient (Wildman–Crippen LogP) is -2.42. The number of fused-ring (bicyclic) bond motifs is 2. The standard InChI is InChI=1S/C40H63N9O14S/c1-7-21(3)30-39(58)62-23(5)31(47-35(54)28(20-50)63-64(59,60)61)36(55)44-25(15-12-18-43-40(41)42)33(52)45-26-16-17-29(51)49(37(26)56)32(22(4)8-2)38(57)48(6)27(34(53)46-30)19-24-13-10-9-11-14-24/h9-11,13-14,21-23,25-32,50-51H,7-8,12,15-20H2,1-6H3,(H,44,55)(H,45,52)(H,46,53)(H,47,54)(H4,41,42,43)(H,59,60,61)/t21?,22?,23?,25?,26?,27?,28-,29?,30?,31?,32?/m1/s1. The number of amides is 6. The number of ether oxygens (including phenoxy) is 1. The maximum absolute atomic E-state index is 14.8. The molecule has 2 bridgehead atoms. The fourth-order valence-corrected chi connectivity index (χ4v) is 7.76. The number of rotatable bonds is 15. The lowest BCUT2D eigenvalue weighted by Gasteiger charge is -2.44. The Kier molecular flexibility index (Phi) is 19.9. The summed E-state index contributed by atoms with van der Waals surface area (Å²) in [5, 5.41) is 31.0. The number of hydrogen-bond acceptors (Lipinski definition) is 14. The molecule has 2 heterocycles. The molecule has 358 valence electrons. The number of aliphatic hydroxyl groups is 2. The van der Waals surface area contributed by atoms with Crippen LogP contribution in [0.3, 0.4) is 0 Å². The van der Waals surface area contributed by atoms with Gasteiger partial charge in [0.15, 0.2) is 12.1 Å². The van der Waals surface area contributed by atoms with Crippen molar-refractivity contribution in [3.8, 4) is 0 Å². The predicted molar refractivity (Wildman–Crippen MR) is 228 cm³/mol. The quantitative estimate of drug-likeness (QED) is 0.0291. The zero-order chi connectivity index (χ0) is 48.1. The van der Waals surface area contributed by atoms with Gasteiger partial charge in [0.2, 0.25) is 29.5 Å². The average molecular weight is 926 g/mol. The van der Waals surface area contributed by atoms with Gasteiger partial charge in [0.1, 0.15) is 48.6 Å². The Balaban J connectivity index is 2.26. The van der Waals surface area contributed by atoms with Crippen molar-refractivity contribution in [2.75, 3.05) is 20.2 Å². The third-order valence-corrected chi connectivity index (χ3v) is 11.9. The van der Waals surface area contributed by atoms with Crippen LogP contribution in [-0.4, -0.2) is 155 Å². The average Bonchev–Trinajstić information content (AvgIpc) is 3.24. The van der Waals surface area contributed by atoms with Gasteiger partial charge in [0.05, 0.1) is 6.61 Å². The van der Waals surface area contributed by atoms with Gasteiger partial charge in [-0.25, -0.2) is 8.98 Å². The number of carbonyl (C=O) groups is 7. The molecule has 2 saturated heterocycles. The van der Waals surface area contributed by atoms with Crippen molar-refractivity contribution in [3.63, 3.8) is 0 Å². The van der Waals surface area contributed by atoms with Gasteiger partial charge in [0.25, 0.3) is 5.91 Å². The highest BCUT2D eigenvalue weighted by molar-refractivity contribution is 7.80. The summed E-state index contributed by atoms with van der Waals surface area (Å²) in [5.41, 5.74) is 11.5. The third-order valence-electron chi connectivity index (χ3n) is 11.4. The van der Waals surface area contributed by atoms with Crippen molar-refractivity contribution in [2.45, 2.75) is 134 Å². The van der Waals surface area contributed by atoms with Crippen LogP contribution in [0.2, 0.25) is 0 Å². The van der Waals surface area contributed by atoms with E-state index in [9.17, 15) is 56.7 Å². The van der Waals surface area contributed by atoms with Gasteiger partial charge in [0, 0.05) is 20.0 Å². The zero-order valence-electron chi connectivity index (χ0n) is 36.8. The van der Waals surface area contributed by atoms with Crippen LogP contribution in [0.1, 0.15) is 78.7 Å². The van der Waals surface area contributed by atoms with E-state index in [0.29, 0.717) is 18.4 Å². The van der Waals surface area contributed by atoms with Crippen molar-refractivity contribution in [1.29, 1.82) is 0 Å². The van der Waals surface area contributed by atoms with Crippen LogP contribution in [0.5, 0.6) is 0 Å². The number of likely N-dealkylation sites (N-methyl/N-ethyl adjacent to an activating group) is 1. The van der Waals surface area contributed by atoms with Gasteiger partial charge in [-0.1, -0.05) is 70.9 Å². The summed E-state index contributed by atoms with van der Waals surface area (Å²) in [6.07, 6.45) is -5.19. The summed E-state index contributed by atoms with van der Waals surface area (Å²) in [5.74, 6) is -8.53. The first kappa shape index (κ1) is 52.9. The summed E-state index contributed by atoms with van der Waals surface area (Å²) in [7, 11) is -3.96. The van der Waals surface area contributed by atoms with Crippen LogP contribution >= 0.6 is 0 Å². The number of nitrogens with zero attached hydrogens (tertiary/aromatic N) is 3. The number of guanidine groups is 1. The fourth-order valence-electron chi connectivity index (χ4n) is 7.32. The molecule has 0 aliphatic carbocycles. The number of nitrogens with two attached hydrogens (primary N) is 2. The number of aliphatic imine (C=N–C) groups is 1. The van der Waals surface area contributed by atoms with Crippen molar-refractivity contribution in [2.24, 2.45) is 28.3 Å². The Bertz CT molecular complexity index is 1950. The molecule has 1 aromatic carbocycles. The second-order valence-electron chi connectivity index (χ2n) is 16.1. The molecule has 0 spiro atoms. The number of carbonyl (C=O) groups excluding carboxylic acids is 7. The molecule has 2 aliphatic rings. The van der Waals surface area contributed by atoms with Crippen LogP contribution < -0.4 is 32.7 Å². The van der Waals surface area contributed by atoms with E-state index in [1.165, 1.54) is 14.0 Å². The number of hydrogen-bond donors (Lipinski definition) is 9. The second-order valence-corrected chi connectivity index (χ2v) is 17.1. The Labute approximate surface area is 372 Å². The van der Waals surface area contributed by atoms with Gasteiger partial charge in [-0.15, -0.1) is 0 Å². The van der Waals surface area contributed by atoms with E-state index in [1.807, 2.05) is 0 Å². The zero-order valence-corrected chi connectivity index (χ0v) is 37.7. The van der Waals surface area contributed by atoms with E-state index in [2.05, 4.69) is 30.4 Å². The number of cyclic esters (lactones) is 1. The summed E-state index contributed by atoms with van der Waals surface area (Å²) < 4.78 is 42.2.